The van der Waals surface area contributed by atoms with E-state index in [1.54, 1.807) is 11.1 Å². The highest BCUT2D eigenvalue weighted by molar-refractivity contribution is 5.91. The van der Waals surface area contributed by atoms with E-state index in [1.807, 2.05) is 0 Å². The quantitative estimate of drug-likeness (QED) is 0.182. The molecule has 3 fully saturated rings. The Hall–Kier alpha value is -4.62. The highest BCUT2D eigenvalue weighted by atomic mass is 15.1. The number of hydrogen-bond donors (Lipinski definition) is 0. The Bertz CT molecular complexity index is 2360. The maximum absolute atomic E-state index is 2.59. The van der Waals surface area contributed by atoms with Crippen LogP contribution in [0.5, 0.6) is 0 Å². The van der Waals surface area contributed by atoms with Crippen LogP contribution in [-0.4, -0.2) is 0 Å². The van der Waals surface area contributed by atoms with Crippen molar-refractivity contribution < 1.29 is 0 Å². The average Bonchev–Trinajstić information content (AvgIpc) is 3.30. The van der Waals surface area contributed by atoms with E-state index in [2.05, 4.69) is 167 Å². The van der Waals surface area contributed by atoms with Gasteiger partial charge in [0.1, 0.15) is 0 Å². The van der Waals surface area contributed by atoms with Gasteiger partial charge in [0.2, 0.25) is 0 Å². The maximum Gasteiger partial charge on any atom is 0.0468 e. The van der Waals surface area contributed by atoms with E-state index in [0.717, 1.165) is 11.8 Å². The van der Waals surface area contributed by atoms with Crippen LogP contribution in [-0.2, 0) is 16.2 Å². The van der Waals surface area contributed by atoms with Crippen molar-refractivity contribution in [2.75, 3.05) is 4.90 Å². The van der Waals surface area contributed by atoms with Crippen LogP contribution >= 0.6 is 0 Å². The first-order chi connectivity index (χ1) is 24.7. The number of fused-ring (bicyclic) bond motifs is 9. The lowest BCUT2D eigenvalue weighted by Gasteiger charge is -2.55. The van der Waals surface area contributed by atoms with Gasteiger partial charge in [-0.2, -0.15) is 0 Å². The van der Waals surface area contributed by atoms with Gasteiger partial charge in [0.25, 0.3) is 0 Å². The van der Waals surface area contributed by atoms with Crippen LogP contribution < -0.4 is 4.90 Å². The van der Waals surface area contributed by atoms with Gasteiger partial charge in [0.05, 0.1) is 0 Å². The zero-order chi connectivity index (χ0) is 34.7. The van der Waals surface area contributed by atoms with E-state index in [-0.39, 0.29) is 16.2 Å². The molecule has 3 saturated carbocycles. The second-order valence-corrected chi connectivity index (χ2v) is 17.4. The fourth-order valence-corrected chi connectivity index (χ4v) is 11.5. The van der Waals surface area contributed by atoms with Gasteiger partial charge >= 0.3 is 0 Å². The Morgan fingerprint density at radius 2 is 1.10 bits per heavy atom. The fourth-order valence-electron chi connectivity index (χ4n) is 11.5. The molecule has 0 heterocycles. The Kier molecular flexibility index (Phi) is 6.68. The van der Waals surface area contributed by atoms with E-state index in [1.165, 1.54) is 93.3 Å². The largest absolute Gasteiger partial charge is 0.310 e. The molecule has 1 spiro atoms. The summed E-state index contributed by atoms with van der Waals surface area (Å²) in [6.07, 6.45) is 6.72. The molecule has 5 aliphatic carbocycles. The normalized spacial score (nSPS) is 24.8. The zero-order valence-electron chi connectivity index (χ0n) is 30.8. The van der Waals surface area contributed by atoms with Crippen LogP contribution in [0.1, 0.15) is 100 Å². The number of rotatable bonds is 3. The summed E-state index contributed by atoms with van der Waals surface area (Å²) in [6.45, 7) is 12.3. The molecule has 0 saturated heterocycles. The van der Waals surface area contributed by atoms with Crippen molar-refractivity contribution in [1.29, 1.82) is 0 Å². The zero-order valence-corrected chi connectivity index (χ0v) is 30.8. The van der Waals surface area contributed by atoms with Crippen LogP contribution in [0, 0.1) is 17.8 Å². The second kappa shape index (κ2) is 10.9. The summed E-state index contributed by atoms with van der Waals surface area (Å²) in [5, 5.41) is 2.54. The van der Waals surface area contributed by atoms with E-state index in [4.69, 9.17) is 0 Å². The monoisotopic (exact) mass is 663 g/mol. The molecule has 0 radical (unpaired) electrons. The summed E-state index contributed by atoms with van der Waals surface area (Å²) in [5.74, 6) is 2.29. The Balaban J connectivity index is 1.20. The summed E-state index contributed by atoms with van der Waals surface area (Å²) in [5.41, 5.74) is 15.4. The minimum absolute atomic E-state index is 0.0686. The Morgan fingerprint density at radius 3 is 1.92 bits per heavy atom. The fraction of sp³-hybridized carbons (Fsp3) is 0.320. The first-order valence-electron chi connectivity index (χ1n) is 19.5. The lowest BCUT2D eigenvalue weighted by atomic mass is 9.49. The molecule has 4 atom stereocenters. The molecule has 1 nitrogen and oxygen atoms in total. The molecule has 5 aliphatic rings. The molecule has 6 aromatic carbocycles. The maximum atomic E-state index is 2.59. The molecular weight excluding hydrogens is 615 g/mol. The second-order valence-electron chi connectivity index (χ2n) is 17.4. The minimum Gasteiger partial charge on any atom is -0.310 e. The van der Waals surface area contributed by atoms with Crippen LogP contribution in [0.3, 0.4) is 0 Å². The van der Waals surface area contributed by atoms with Crippen molar-refractivity contribution in [1.82, 2.24) is 0 Å². The standard InChI is InChI=1S/C50H49N/c1-32-27-36-16-12-15-35(32)31-50(36)44-20-11-10-19-43(44)49(4,5)47-30-39(24-26-45(47)50)51(37-22-21-33-13-6-7-14-34(33)28-37)38-23-25-41-40-17-8-9-18-42(40)48(2,3)46(41)29-38/h6-11,13-14,17-26,28-30,32,35-36H,12,15-16,27,31H2,1-5H3/t32-,35?,36-,50?/m1/s1. The van der Waals surface area contributed by atoms with Crippen molar-refractivity contribution in [3.63, 3.8) is 0 Å². The molecule has 2 bridgehead atoms. The van der Waals surface area contributed by atoms with Crippen molar-refractivity contribution in [3.05, 3.63) is 161 Å². The topological polar surface area (TPSA) is 3.24 Å². The highest BCUT2D eigenvalue weighted by Gasteiger charge is 2.55. The first-order valence-corrected chi connectivity index (χ1v) is 19.5. The van der Waals surface area contributed by atoms with Crippen LogP contribution in [0.15, 0.2) is 127 Å². The summed E-state index contributed by atoms with van der Waals surface area (Å²) < 4.78 is 0. The van der Waals surface area contributed by atoms with Gasteiger partial charge < -0.3 is 4.90 Å². The molecule has 51 heavy (non-hydrogen) atoms. The molecule has 0 aliphatic heterocycles. The van der Waals surface area contributed by atoms with E-state index < -0.39 is 0 Å². The molecular formula is C50H49N. The number of hydrogen-bond acceptors (Lipinski definition) is 1. The predicted octanol–water partition coefficient (Wildman–Crippen LogP) is 13.4. The van der Waals surface area contributed by atoms with Crippen molar-refractivity contribution in [3.8, 4) is 11.1 Å². The van der Waals surface area contributed by atoms with E-state index >= 15 is 0 Å². The smallest absolute Gasteiger partial charge is 0.0468 e. The Morgan fingerprint density at radius 1 is 0.510 bits per heavy atom. The summed E-state index contributed by atoms with van der Waals surface area (Å²) in [7, 11) is 0. The van der Waals surface area contributed by atoms with Crippen LogP contribution in [0.4, 0.5) is 17.1 Å². The number of benzene rings is 6. The third kappa shape index (κ3) is 4.33. The molecule has 1 heteroatoms. The van der Waals surface area contributed by atoms with Gasteiger partial charge in [-0.05, 0) is 129 Å². The van der Waals surface area contributed by atoms with Gasteiger partial charge in [0.15, 0.2) is 0 Å². The molecule has 6 aromatic rings. The van der Waals surface area contributed by atoms with Crippen LogP contribution in [0.2, 0.25) is 0 Å². The minimum atomic E-state index is -0.110. The third-order valence-electron chi connectivity index (χ3n) is 14.2. The van der Waals surface area contributed by atoms with E-state index in [9.17, 15) is 0 Å². The molecule has 254 valence electrons. The lowest BCUT2D eigenvalue weighted by Crippen LogP contribution is -2.49. The van der Waals surface area contributed by atoms with Gasteiger partial charge in [-0.3, -0.25) is 0 Å². The van der Waals surface area contributed by atoms with Crippen molar-refractivity contribution in [2.45, 2.75) is 83.0 Å². The summed E-state index contributed by atoms with van der Waals surface area (Å²) in [6, 6.07) is 49.2. The van der Waals surface area contributed by atoms with Crippen molar-refractivity contribution >= 4 is 27.8 Å². The van der Waals surface area contributed by atoms with Gasteiger partial charge in [-0.15, -0.1) is 0 Å². The summed E-state index contributed by atoms with van der Waals surface area (Å²) in [4.78, 5) is 2.54. The molecule has 11 rings (SSSR count). The number of nitrogens with zero attached hydrogens (tertiary/aromatic N) is 1. The van der Waals surface area contributed by atoms with Crippen LogP contribution in [0.25, 0.3) is 21.9 Å². The van der Waals surface area contributed by atoms with Gasteiger partial charge in [0, 0.05) is 33.3 Å². The molecule has 0 aromatic heterocycles. The average molecular weight is 664 g/mol. The van der Waals surface area contributed by atoms with Gasteiger partial charge in [-0.1, -0.05) is 138 Å². The number of anilines is 3. The SMILES string of the molecule is C[C@@H]1C[C@H]2CCCC1CC21c2ccccc2C(C)(C)c2cc(N(c3ccc4c(c3)C(C)(C)c3ccccc3-4)c3ccc4ccccc4c3)ccc21. The highest BCUT2D eigenvalue weighted by Crippen LogP contribution is 2.63. The van der Waals surface area contributed by atoms with E-state index in [0.29, 0.717) is 5.92 Å². The lowest BCUT2D eigenvalue weighted by molar-refractivity contribution is 0.131. The molecule has 0 amide bonds. The summed E-state index contributed by atoms with van der Waals surface area (Å²) >= 11 is 0. The molecule has 0 N–H and O–H groups in total. The third-order valence-corrected chi connectivity index (χ3v) is 14.2. The Labute approximate surface area is 304 Å². The molecule has 2 unspecified atom stereocenters. The van der Waals surface area contributed by atoms with Crippen molar-refractivity contribution in [2.24, 2.45) is 17.8 Å². The first kappa shape index (κ1) is 31.1. The van der Waals surface area contributed by atoms with Gasteiger partial charge in [-0.25, -0.2) is 0 Å². The predicted molar refractivity (Wildman–Crippen MR) is 215 cm³/mol.